The first-order chi connectivity index (χ1) is 8.79. The van der Waals surface area contributed by atoms with Gasteiger partial charge in [-0.3, -0.25) is 4.68 Å². The molecule has 2 aromatic heterocycles. The van der Waals surface area contributed by atoms with E-state index in [4.69, 9.17) is 0 Å². The van der Waals surface area contributed by atoms with Crippen molar-refractivity contribution in [2.45, 2.75) is 45.3 Å². The molecule has 0 radical (unpaired) electrons. The maximum Gasteiger partial charge on any atom is 0.130 e. The third-order valence-corrected chi connectivity index (χ3v) is 4.79. The first-order valence-corrected chi connectivity index (χ1v) is 7.42. The minimum atomic E-state index is -0.519. The van der Waals surface area contributed by atoms with Crippen LogP contribution >= 0.6 is 11.3 Å². The van der Waals surface area contributed by atoms with Crippen LogP contribution in [0.15, 0.2) is 18.3 Å². The quantitative estimate of drug-likeness (QED) is 0.920. The smallest absolute Gasteiger partial charge is 0.130 e. The highest BCUT2D eigenvalue weighted by Gasteiger charge is 2.21. The van der Waals surface area contributed by atoms with Crippen LogP contribution in [-0.2, 0) is 19.4 Å². The van der Waals surface area contributed by atoms with Gasteiger partial charge in [0.2, 0.25) is 0 Å². The second kappa shape index (κ2) is 4.86. The van der Waals surface area contributed by atoms with Gasteiger partial charge in [0, 0.05) is 22.5 Å². The van der Waals surface area contributed by atoms with E-state index in [0.717, 1.165) is 23.5 Å². The molecule has 2 aromatic rings. The van der Waals surface area contributed by atoms with Gasteiger partial charge in [-0.1, -0.05) is 6.92 Å². The van der Waals surface area contributed by atoms with E-state index < -0.39 is 6.10 Å². The third kappa shape index (κ3) is 1.99. The molecule has 3 nitrogen and oxygen atoms in total. The lowest BCUT2D eigenvalue weighted by Gasteiger charge is -2.11. The molecule has 1 atom stereocenters. The van der Waals surface area contributed by atoms with E-state index in [9.17, 15) is 5.11 Å². The summed E-state index contributed by atoms with van der Waals surface area (Å²) in [6, 6.07) is 4.10. The molecular formula is C14H18N2OS. The molecule has 18 heavy (non-hydrogen) atoms. The van der Waals surface area contributed by atoms with Gasteiger partial charge in [0.25, 0.3) is 0 Å². The Bertz CT molecular complexity index is 522. The van der Waals surface area contributed by atoms with Gasteiger partial charge in [0.05, 0.1) is 5.69 Å². The molecule has 0 saturated heterocycles. The first-order valence-electron chi connectivity index (χ1n) is 6.61. The van der Waals surface area contributed by atoms with Crippen LogP contribution < -0.4 is 0 Å². The van der Waals surface area contributed by atoms with Crippen molar-refractivity contribution in [3.8, 4) is 0 Å². The van der Waals surface area contributed by atoms with Gasteiger partial charge >= 0.3 is 0 Å². The fraction of sp³-hybridized carbons (Fsp3) is 0.500. The number of aliphatic hydroxyl groups excluding tert-OH is 1. The number of aryl methyl sites for hydroxylation is 3. The molecule has 1 aliphatic rings. The molecule has 0 spiro atoms. The lowest BCUT2D eigenvalue weighted by Crippen LogP contribution is -2.09. The molecule has 0 fully saturated rings. The molecule has 1 aliphatic carbocycles. The number of thiophene rings is 1. The van der Waals surface area contributed by atoms with Crippen molar-refractivity contribution >= 4 is 11.3 Å². The zero-order valence-corrected chi connectivity index (χ0v) is 11.4. The average Bonchev–Trinajstić information content (AvgIpc) is 3.02. The van der Waals surface area contributed by atoms with Crippen molar-refractivity contribution in [1.29, 1.82) is 0 Å². The van der Waals surface area contributed by atoms with E-state index in [1.54, 1.807) is 17.5 Å². The normalized spacial score (nSPS) is 15.9. The summed E-state index contributed by atoms with van der Waals surface area (Å²) in [6.45, 7) is 2.99. The summed E-state index contributed by atoms with van der Waals surface area (Å²) in [6.07, 6.45) is 5.91. The van der Waals surface area contributed by atoms with Crippen LogP contribution in [0.4, 0.5) is 0 Å². The Morgan fingerprint density at radius 2 is 2.39 bits per heavy atom. The molecule has 1 N–H and O–H groups in total. The molecule has 1 unspecified atom stereocenters. The van der Waals surface area contributed by atoms with Crippen LogP contribution in [-0.4, -0.2) is 14.9 Å². The average molecular weight is 262 g/mol. The van der Waals surface area contributed by atoms with Crippen LogP contribution in [0.1, 0.15) is 46.9 Å². The lowest BCUT2D eigenvalue weighted by atomic mass is 10.1. The molecule has 0 aromatic carbocycles. The van der Waals surface area contributed by atoms with Gasteiger partial charge in [-0.25, -0.2) is 0 Å². The molecule has 4 heteroatoms. The van der Waals surface area contributed by atoms with Gasteiger partial charge in [-0.15, -0.1) is 11.3 Å². The zero-order chi connectivity index (χ0) is 12.5. The fourth-order valence-corrected chi connectivity index (χ4v) is 3.86. The van der Waals surface area contributed by atoms with E-state index in [1.165, 1.54) is 29.7 Å². The Labute approximate surface area is 111 Å². The van der Waals surface area contributed by atoms with E-state index >= 15 is 0 Å². The second-order valence-corrected chi connectivity index (χ2v) is 6.00. The minimum absolute atomic E-state index is 0.519. The van der Waals surface area contributed by atoms with Crippen molar-refractivity contribution in [3.63, 3.8) is 0 Å². The van der Waals surface area contributed by atoms with Crippen molar-refractivity contribution in [1.82, 2.24) is 9.78 Å². The van der Waals surface area contributed by atoms with Crippen molar-refractivity contribution in [2.75, 3.05) is 0 Å². The van der Waals surface area contributed by atoms with Crippen molar-refractivity contribution in [2.24, 2.45) is 0 Å². The fourth-order valence-electron chi connectivity index (χ4n) is 2.61. The Hall–Kier alpha value is -1.13. The monoisotopic (exact) mass is 262 g/mol. The van der Waals surface area contributed by atoms with Crippen LogP contribution in [0, 0.1) is 0 Å². The highest BCUT2D eigenvalue weighted by Crippen LogP contribution is 2.35. The summed E-state index contributed by atoms with van der Waals surface area (Å²) in [7, 11) is 0. The van der Waals surface area contributed by atoms with Crippen LogP contribution in [0.25, 0.3) is 0 Å². The number of hydrogen-bond donors (Lipinski definition) is 1. The van der Waals surface area contributed by atoms with E-state index in [0.29, 0.717) is 0 Å². The Morgan fingerprint density at radius 1 is 1.50 bits per heavy atom. The largest absolute Gasteiger partial charge is 0.381 e. The molecule has 0 bridgehead atoms. The van der Waals surface area contributed by atoms with Crippen LogP contribution in [0.2, 0.25) is 0 Å². The predicted molar refractivity (Wildman–Crippen MR) is 72.9 cm³/mol. The van der Waals surface area contributed by atoms with Gasteiger partial charge in [0.1, 0.15) is 6.10 Å². The Kier molecular flexibility index (Phi) is 3.22. The van der Waals surface area contributed by atoms with Crippen molar-refractivity contribution < 1.29 is 5.11 Å². The Morgan fingerprint density at radius 3 is 3.17 bits per heavy atom. The van der Waals surface area contributed by atoms with Gasteiger partial charge in [-0.2, -0.15) is 5.10 Å². The van der Waals surface area contributed by atoms with Gasteiger partial charge in [-0.05, 0) is 43.4 Å². The lowest BCUT2D eigenvalue weighted by molar-refractivity contribution is 0.211. The number of hydrogen-bond acceptors (Lipinski definition) is 3. The second-order valence-electron chi connectivity index (χ2n) is 4.83. The SMILES string of the molecule is CCCn1nccc1C(O)c1cc2c(s1)CCC2. The van der Waals surface area contributed by atoms with Crippen LogP contribution in [0.5, 0.6) is 0 Å². The molecule has 0 aliphatic heterocycles. The molecule has 2 heterocycles. The summed E-state index contributed by atoms with van der Waals surface area (Å²) >= 11 is 1.76. The summed E-state index contributed by atoms with van der Waals surface area (Å²) in [5, 5.41) is 14.8. The maximum atomic E-state index is 10.5. The number of rotatable bonds is 4. The molecule has 3 rings (SSSR count). The standard InChI is InChI=1S/C14H18N2OS/c1-2-8-16-11(6-7-15-16)14(17)13-9-10-4-3-5-12(10)18-13/h6-7,9,14,17H,2-5,8H2,1H3. The number of nitrogens with zero attached hydrogens (tertiary/aromatic N) is 2. The molecule has 0 saturated carbocycles. The topological polar surface area (TPSA) is 38.0 Å². The summed E-state index contributed by atoms with van der Waals surface area (Å²) in [5.74, 6) is 0. The molecule has 0 amide bonds. The summed E-state index contributed by atoms with van der Waals surface area (Å²) in [4.78, 5) is 2.53. The number of aromatic nitrogens is 2. The van der Waals surface area contributed by atoms with Gasteiger partial charge < -0.3 is 5.11 Å². The highest BCUT2D eigenvalue weighted by atomic mass is 32.1. The predicted octanol–water partition coefficient (Wildman–Crippen LogP) is 2.93. The zero-order valence-electron chi connectivity index (χ0n) is 10.6. The number of fused-ring (bicyclic) bond motifs is 1. The first kappa shape index (κ1) is 11.9. The minimum Gasteiger partial charge on any atom is -0.381 e. The maximum absolute atomic E-state index is 10.5. The highest BCUT2D eigenvalue weighted by molar-refractivity contribution is 7.12. The third-order valence-electron chi connectivity index (χ3n) is 3.50. The molecular weight excluding hydrogens is 244 g/mol. The van der Waals surface area contributed by atoms with E-state index in [-0.39, 0.29) is 0 Å². The Balaban J connectivity index is 1.88. The van der Waals surface area contributed by atoms with Gasteiger partial charge in [0.15, 0.2) is 0 Å². The van der Waals surface area contributed by atoms with Crippen molar-refractivity contribution in [3.05, 3.63) is 39.3 Å². The summed E-state index contributed by atoms with van der Waals surface area (Å²) in [5.41, 5.74) is 2.35. The van der Waals surface area contributed by atoms with Crippen LogP contribution in [0.3, 0.4) is 0 Å². The van der Waals surface area contributed by atoms with E-state index in [1.807, 2.05) is 10.7 Å². The molecule has 96 valence electrons. The number of aliphatic hydroxyl groups is 1. The van der Waals surface area contributed by atoms with E-state index in [2.05, 4.69) is 18.1 Å². The summed E-state index contributed by atoms with van der Waals surface area (Å²) < 4.78 is 1.91.